The van der Waals surface area contributed by atoms with Gasteiger partial charge in [0.2, 0.25) is 5.91 Å². The Bertz CT molecular complexity index is 585. The topological polar surface area (TPSA) is 60.9 Å². The van der Waals surface area contributed by atoms with Crippen molar-refractivity contribution in [3.05, 3.63) is 23.8 Å². The van der Waals surface area contributed by atoms with Crippen molar-refractivity contribution in [3.63, 3.8) is 0 Å². The second kappa shape index (κ2) is 5.39. The van der Waals surface area contributed by atoms with Gasteiger partial charge in [0.05, 0.1) is 5.92 Å². The molecule has 0 aromatic heterocycles. The number of nitrogens with zero attached hydrogens (tertiary/aromatic N) is 2. The van der Waals surface area contributed by atoms with Crippen LogP contribution in [0.25, 0.3) is 0 Å². The SMILES string of the molecule is CN1C(=O)CCc2cc(N3CCCC(C(=O)O)C3)ccc21. The smallest absolute Gasteiger partial charge is 0.308 e. The molecule has 2 aliphatic heterocycles. The molecule has 0 spiro atoms. The Kier molecular flexibility index (Phi) is 3.57. The molecule has 5 heteroatoms. The predicted molar refractivity (Wildman–Crippen MR) is 80.7 cm³/mol. The zero-order valence-corrected chi connectivity index (χ0v) is 12.2. The van der Waals surface area contributed by atoms with Gasteiger partial charge in [0.15, 0.2) is 0 Å². The van der Waals surface area contributed by atoms with Crippen molar-refractivity contribution >= 4 is 23.3 Å². The molecule has 21 heavy (non-hydrogen) atoms. The van der Waals surface area contributed by atoms with Crippen LogP contribution < -0.4 is 9.80 Å². The normalized spacial score (nSPS) is 22.1. The highest BCUT2D eigenvalue weighted by molar-refractivity contribution is 5.96. The number of carboxylic acid groups (broad SMARTS) is 1. The molecule has 3 rings (SSSR count). The first-order valence-corrected chi connectivity index (χ1v) is 7.43. The lowest BCUT2D eigenvalue weighted by Gasteiger charge is -2.34. The fourth-order valence-corrected chi connectivity index (χ4v) is 3.25. The van der Waals surface area contributed by atoms with E-state index in [0.29, 0.717) is 13.0 Å². The monoisotopic (exact) mass is 288 g/mol. The van der Waals surface area contributed by atoms with E-state index < -0.39 is 5.97 Å². The van der Waals surface area contributed by atoms with Gasteiger partial charge in [-0.05, 0) is 43.0 Å². The van der Waals surface area contributed by atoms with E-state index in [4.69, 9.17) is 0 Å². The van der Waals surface area contributed by atoms with E-state index in [1.54, 1.807) is 11.9 Å². The van der Waals surface area contributed by atoms with Crippen molar-refractivity contribution in [3.8, 4) is 0 Å². The number of hydrogen-bond donors (Lipinski definition) is 1. The summed E-state index contributed by atoms with van der Waals surface area (Å²) in [5, 5.41) is 9.19. The molecule has 112 valence electrons. The summed E-state index contributed by atoms with van der Waals surface area (Å²) in [7, 11) is 1.81. The van der Waals surface area contributed by atoms with Gasteiger partial charge in [-0.25, -0.2) is 0 Å². The lowest BCUT2D eigenvalue weighted by Crippen LogP contribution is -2.39. The van der Waals surface area contributed by atoms with Crippen LogP contribution in [0.15, 0.2) is 18.2 Å². The maximum atomic E-state index is 11.7. The molecule has 1 aromatic rings. The summed E-state index contributed by atoms with van der Waals surface area (Å²) in [6, 6.07) is 6.09. The highest BCUT2D eigenvalue weighted by atomic mass is 16.4. The highest BCUT2D eigenvalue weighted by Crippen LogP contribution is 2.32. The number of carbonyl (C=O) groups excluding carboxylic acids is 1. The largest absolute Gasteiger partial charge is 0.481 e. The van der Waals surface area contributed by atoms with Gasteiger partial charge >= 0.3 is 5.97 Å². The minimum Gasteiger partial charge on any atom is -0.481 e. The minimum absolute atomic E-state index is 0.152. The highest BCUT2D eigenvalue weighted by Gasteiger charge is 2.27. The van der Waals surface area contributed by atoms with Crippen LogP contribution in [-0.4, -0.2) is 37.1 Å². The van der Waals surface area contributed by atoms with Gasteiger partial charge in [0.1, 0.15) is 0 Å². The van der Waals surface area contributed by atoms with Crippen LogP contribution in [0.3, 0.4) is 0 Å². The Labute approximate surface area is 124 Å². The van der Waals surface area contributed by atoms with Crippen LogP contribution in [0.5, 0.6) is 0 Å². The molecule has 1 fully saturated rings. The Hall–Kier alpha value is -2.04. The number of hydrogen-bond acceptors (Lipinski definition) is 3. The Morgan fingerprint density at radius 3 is 2.90 bits per heavy atom. The molecule has 0 saturated carbocycles. The second-order valence-electron chi connectivity index (χ2n) is 5.89. The molecule has 1 aromatic carbocycles. The first-order chi connectivity index (χ1) is 10.1. The Morgan fingerprint density at radius 1 is 1.33 bits per heavy atom. The number of carboxylic acids is 1. The van der Waals surface area contributed by atoms with Crippen LogP contribution in [0.1, 0.15) is 24.8 Å². The van der Waals surface area contributed by atoms with E-state index in [9.17, 15) is 14.7 Å². The van der Waals surface area contributed by atoms with Crippen molar-refractivity contribution in [2.24, 2.45) is 5.92 Å². The molecule has 1 unspecified atom stereocenters. The third-order valence-corrected chi connectivity index (χ3v) is 4.54. The lowest BCUT2D eigenvalue weighted by atomic mass is 9.96. The molecule has 1 amide bonds. The van der Waals surface area contributed by atoms with Crippen molar-refractivity contribution in [2.45, 2.75) is 25.7 Å². The van der Waals surface area contributed by atoms with Crippen molar-refractivity contribution < 1.29 is 14.7 Å². The number of benzene rings is 1. The molecule has 1 atom stereocenters. The van der Waals surface area contributed by atoms with Crippen molar-refractivity contribution in [1.82, 2.24) is 0 Å². The van der Waals surface area contributed by atoms with Gasteiger partial charge in [-0.1, -0.05) is 0 Å². The van der Waals surface area contributed by atoms with Gasteiger partial charge in [0.25, 0.3) is 0 Å². The summed E-state index contributed by atoms with van der Waals surface area (Å²) in [5.41, 5.74) is 3.22. The average molecular weight is 288 g/mol. The van der Waals surface area contributed by atoms with Crippen molar-refractivity contribution in [2.75, 3.05) is 29.9 Å². The quantitative estimate of drug-likeness (QED) is 0.903. The van der Waals surface area contributed by atoms with E-state index >= 15 is 0 Å². The summed E-state index contributed by atoms with van der Waals surface area (Å²) in [6.07, 6.45) is 2.98. The molecule has 0 radical (unpaired) electrons. The van der Waals surface area contributed by atoms with E-state index in [1.807, 2.05) is 12.1 Å². The lowest BCUT2D eigenvalue weighted by molar-refractivity contribution is -0.142. The fraction of sp³-hybridized carbons (Fsp3) is 0.500. The Morgan fingerprint density at radius 2 is 2.14 bits per heavy atom. The molecule has 2 heterocycles. The van der Waals surface area contributed by atoms with Gasteiger partial charge < -0.3 is 14.9 Å². The third-order valence-electron chi connectivity index (χ3n) is 4.54. The average Bonchev–Trinajstić information content (AvgIpc) is 2.51. The molecule has 2 aliphatic rings. The number of rotatable bonds is 2. The molecule has 0 aliphatic carbocycles. The molecule has 0 bridgehead atoms. The Balaban J connectivity index is 1.84. The molecular weight excluding hydrogens is 268 g/mol. The van der Waals surface area contributed by atoms with Gasteiger partial charge in [0, 0.05) is 37.9 Å². The summed E-state index contributed by atoms with van der Waals surface area (Å²) in [6.45, 7) is 1.47. The number of aryl methyl sites for hydroxylation is 1. The van der Waals surface area contributed by atoms with Crippen LogP contribution in [0, 0.1) is 5.92 Å². The fourth-order valence-electron chi connectivity index (χ4n) is 3.25. The van der Waals surface area contributed by atoms with Gasteiger partial charge in [-0.3, -0.25) is 9.59 Å². The number of carbonyl (C=O) groups is 2. The molecular formula is C16H20N2O3. The molecule has 1 N–H and O–H groups in total. The van der Waals surface area contributed by atoms with E-state index in [2.05, 4.69) is 11.0 Å². The minimum atomic E-state index is -0.706. The van der Waals surface area contributed by atoms with Gasteiger partial charge in [-0.2, -0.15) is 0 Å². The second-order valence-corrected chi connectivity index (χ2v) is 5.89. The number of amides is 1. The van der Waals surface area contributed by atoms with Crippen LogP contribution in [0.2, 0.25) is 0 Å². The number of fused-ring (bicyclic) bond motifs is 1. The van der Waals surface area contributed by atoms with Crippen molar-refractivity contribution in [1.29, 1.82) is 0 Å². The van der Waals surface area contributed by atoms with Gasteiger partial charge in [-0.15, -0.1) is 0 Å². The summed E-state index contributed by atoms with van der Waals surface area (Å²) in [5.74, 6) is -0.832. The maximum Gasteiger partial charge on any atom is 0.308 e. The molecule has 1 saturated heterocycles. The predicted octanol–water partition coefficient (Wildman–Crippen LogP) is 1.90. The van der Waals surface area contributed by atoms with E-state index in [1.165, 1.54) is 5.56 Å². The summed E-state index contributed by atoms with van der Waals surface area (Å²) in [4.78, 5) is 26.7. The van der Waals surface area contributed by atoms with Crippen LogP contribution >= 0.6 is 0 Å². The maximum absolute atomic E-state index is 11.7. The zero-order chi connectivity index (χ0) is 15.0. The summed E-state index contributed by atoms with van der Waals surface area (Å²) >= 11 is 0. The number of anilines is 2. The number of aliphatic carboxylic acids is 1. The zero-order valence-electron chi connectivity index (χ0n) is 12.2. The third kappa shape index (κ3) is 2.60. The number of piperidine rings is 1. The van der Waals surface area contributed by atoms with Crippen LogP contribution in [-0.2, 0) is 16.0 Å². The standard InChI is InChI=1S/C16H20N2O3/c1-17-14-6-5-13(9-11(14)4-7-15(17)19)18-8-2-3-12(10-18)16(20)21/h5-6,9,12H,2-4,7-8,10H2,1H3,(H,20,21). The molecule has 5 nitrogen and oxygen atoms in total. The first-order valence-electron chi connectivity index (χ1n) is 7.43. The first kappa shape index (κ1) is 13.9. The van der Waals surface area contributed by atoms with E-state index in [-0.39, 0.29) is 11.8 Å². The van der Waals surface area contributed by atoms with Crippen LogP contribution in [0.4, 0.5) is 11.4 Å². The summed E-state index contributed by atoms with van der Waals surface area (Å²) < 4.78 is 0. The van der Waals surface area contributed by atoms with E-state index in [0.717, 1.165) is 37.2 Å².